The second-order valence-corrected chi connectivity index (χ2v) is 3.34. The molecule has 2 aromatic heterocycles. The smallest absolute Gasteiger partial charge is 0.276 e. The summed E-state index contributed by atoms with van der Waals surface area (Å²) >= 11 is 0. The van der Waals surface area contributed by atoms with E-state index in [0.29, 0.717) is 11.4 Å². The molecule has 0 unspecified atom stereocenters. The van der Waals surface area contributed by atoms with Gasteiger partial charge in [-0.1, -0.05) is 6.07 Å². The first kappa shape index (κ1) is 9.58. The van der Waals surface area contributed by atoms with Gasteiger partial charge in [0.15, 0.2) is 5.69 Å². The van der Waals surface area contributed by atoms with Gasteiger partial charge in [0.2, 0.25) is 0 Å². The molecule has 0 spiro atoms. The Morgan fingerprint density at radius 1 is 1.27 bits per heavy atom. The number of rotatable bonds is 1. The van der Waals surface area contributed by atoms with Gasteiger partial charge in [-0.15, -0.1) is 0 Å². The van der Waals surface area contributed by atoms with Crippen LogP contribution in [0.15, 0.2) is 29.2 Å². The molecule has 15 heavy (non-hydrogen) atoms. The van der Waals surface area contributed by atoms with E-state index in [1.165, 1.54) is 0 Å². The Hall–Kier alpha value is -1.97. The van der Waals surface area contributed by atoms with Crippen LogP contribution in [0.3, 0.4) is 0 Å². The summed E-state index contributed by atoms with van der Waals surface area (Å²) in [6.07, 6.45) is 1.64. The van der Waals surface area contributed by atoms with Crippen LogP contribution >= 0.6 is 0 Å². The van der Waals surface area contributed by atoms with Crippen molar-refractivity contribution in [2.75, 3.05) is 0 Å². The third kappa shape index (κ3) is 1.79. The fourth-order valence-corrected chi connectivity index (χ4v) is 1.30. The summed E-state index contributed by atoms with van der Waals surface area (Å²) in [5.41, 5.74) is 2.38. The minimum absolute atomic E-state index is 0.197. The monoisotopic (exact) mass is 201 g/mol. The Kier molecular flexibility index (Phi) is 2.33. The molecule has 2 rings (SSSR count). The van der Waals surface area contributed by atoms with Crippen molar-refractivity contribution in [1.82, 2.24) is 15.0 Å². The van der Waals surface area contributed by atoms with Crippen molar-refractivity contribution in [3.05, 3.63) is 46.1 Å². The minimum Gasteiger partial charge on any atom is -0.323 e. The lowest BCUT2D eigenvalue weighted by Gasteiger charge is -2.02. The van der Waals surface area contributed by atoms with E-state index < -0.39 is 0 Å². The average Bonchev–Trinajstić information content (AvgIpc) is 2.25. The van der Waals surface area contributed by atoms with Crippen LogP contribution in [0, 0.1) is 13.8 Å². The molecule has 1 N–H and O–H groups in total. The van der Waals surface area contributed by atoms with Gasteiger partial charge < -0.3 is 4.98 Å². The first-order chi connectivity index (χ1) is 7.18. The number of hydrogen-bond acceptors (Lipinski definition) is 3. The third-order valence-corrected chi connectivity index (χ3v) is 2.25. The zero-order valence-electron chi connectivity index (χ0n) is 8.61. The van der Waals surface area contributed by atoms with Gasteiger partial charge in [0.1, 0.15) is 0 Å². The molecule has 0 aliphatic heterocycles. The molecule has 0 fully saturated rings. The maximum atomic E-state index is 11.6. The zero-order chi connectivity index (χ0) is 10.8. The largest absolute Gasteiger partial charge is 0.323 e. The predicted octanol–water partition coefficient (Wildman–Crippen LogP) is 1.45. The molecule has 4 nitrogen and oxygen atoms in total. The second-order valence-electron chi connectivity index (χ2n) is 3.34. The molecule has 4 heteroatoms. The molecular formula is C11H11N3O. The summed E-state index contributed by atoms with van der Waals surface area (Å²) in [4.78, 5) is 22.7. The quantitative estimate of drug-likeness (QED) is 0.759. The number of aryl methyl sites for hydroxylation is 2. The molecule has 0 aliphatic rings. The van der Waals surface area contributed by atoms with Gasteiger partial charge in [-0.05, 0) is 26.0 Å². The van der Waals surface area contributed by atoms with E-state index in [2.05, 4.69) is 15.0 Å². The van der Waals surface area contributed by atoms with Gasteiger partial charge in [0, 0.05) is 11.9 Å². The molecule has 0 saturated carbocycles. The summed E-state index contributed by atoms with van der Waals surface area (Å²) in [7, 11) is 0. The highest BCUT2D eigenvalue weighted by Crippen LogP contribution is 2.09. The van der Waals surface area contributed by atoms with E-state index in [1.807, 2.05) is 19.9 Å². The van der Waals surface area contributed by atoms with Gasteiger partial charge in [0.25, 0.3) is 5.56 Å². The number of H-pyrrole nitrogens is 1. The van der Waals surface area contributed by atoms with E-state index >= 15 is 0 Å². The van der Waals surface area contributed by atoms with E-state index in [1.54, 1.807) is 18.3 Å². The number of pyridine rings is 1. The van der Waals surface area contributed by atoms with Crippen LogP contribution in [0.5, 0.6) is 0 Å². The molecule has 0 aliphatic carbocycles. The van der Waals surface area contributed by atoms with Gasteiger partial charge >= 0.3 is 0 Å². The first-order valence-corrected chi connectivity index (χ1v) is 4.67. The molecule has 0 radical (unpaired) electrons. The molecule has 0 amide bonds. The van der Waals surface area contributed by atoms with Gasteiger partial charge in [-0.3, -0.25) is 9.78 Å². The lowest BCUT2D eigenvalue weighted by atomic mass is 10.2. The number of aromatic amines is 1. The van der Waals surface area contributed by atoms with E-state index in [0.717, 1.165) is 11.4 Å². The second kappa shape index (κ2) is 3.65. The van der Waals surface area contributed by atoms with Crippen LogP contribution < -0.4 is 5.56 Å². The van der Waals surface area contributed by atoms with Crippen LogP contribution in [0.4, 0.5) is 0 Å². The molecule has 76 valence electrons. The van der Waals surface area contributed by atoms with Crippen molar-refractivity contribution in [1.29, 1.82) is 0 Å². The van der Waals surface area contributed by atoms with Gasteiger partial charge in [0.05, 0.1) is 11.4 Å². The lowest BCUT2D eigenvalue weighted by molar-refractivity contribution is 1.01. The maximum Gasteiger partial charge on any atom is 0.276 e. The Morgan fingerprint density at radius 3 is 2.73 bits per heavy atom. The fraction of sp³-hybridized carbons (Fsp3) is 0.182. The van der Waals surface area contributed by atoms with E-state index in [-0.39, 0.29) is 5.56 Å². The molecule has 0 bridgehead atoms. The highest BCUT2D eigenvalue weighted by molar-refractivity contribution is 5.52. The van der Waals surface area contributed by atoms with Crippen molar-refractivity contribution in [3.63, 3.8) is 0 Å². The maximum absolute atomic E-state index is 11.6. The van der Waals surface area contributed by atoms with Crippen molar-refractivity contribution < 1.29 is 0 Å². The summed E-state index contributed by atoms with van der Waals surface area (Å²) in [6.45, 7) is 3.68. The van der Waals surface area contributed by atoms with E-state index in [9.17, 15) is 4.79 Å². The third-order valence-electron chi connectivity index (χ3n) is 2.25. The highest BCUT2D eigenvalue weighted by Gasteiger charge is 2.07. The van der Waals surface area contributed by atoms with Crippen LogP contribution in [0.25, 0.3) is 11.4 Å². The van der Waals surface area contributed by atoms with Crippen LogP contribution in [-0.4, -0.2) is 15.0 Å². The van der Waals surface area contributed by atoms with Crippen LogP contribution in [-0.2, 0) is 0 Å². The number of nitrogens with one attached hydrogen (secondary N) is 1. The van der Waals surface area contributed by atoms with Crippen molar-refractivity contribution in [2.24, 2.45) is 0 Å². The van der Waals surface area contributed by atoms with Crippen molar-refractivity contribution in [2.45, 2.75) is 13.8 Å². The summed E-state index contributed by atoms with van der Waals surface area (Å²) in [6, 6.07) is 5.41. The molecular weight excluding hydrogens is 190 g/mol. The Morgan fingerprint density at radius 2 is 2.07 bits per heavy atom. The highest BCUT2D eigenvalue weighted by atomic mass is 16.1. The topological polar surface area (TPSA) is 58.6 Å². The SMILES string of the molecule is Cc1nc(-c2ccccn2)c(=O)[nH]c1C. The standard InChI is InChI=1S/C11H11N3O/c1-7-8(2)14-11(15)10(13-7)9-5-3-4-6-12-9/h3-6H,1-2H3,(H,14,15). The Balaban J connectivity index is 2.65. The van der Waals surface area contributed by atoms with Gasteiger partial charge in [-0.2, -0.15) is 0 Å². The number of aromatic nitrogens is 3. The molecule has 2 aromatic rings. The minimum atomic E-state index is -0.197. The first-order valence-electron chi connectivity index (χ1n) is 4.67. The summed E-state index contributed by atoms with van der Waals surface area (Å²) in [5.74, 6) is 0. The fourth-order valence-electron chi connectivity index (χ4n) is 1.30. The summed E-state index contributed by atoms with van der Waals surface area (Å²) in [5, 5.41) is 0. The summed E-state index contributed by atoms with van der Waals surface area (Å²) < 4.78 is 0. The molecule has 0 atom stereocenters. The van der Waals surface area contributed by atoms with Crippen molar-refractivity contribution in [3.8, 4) is 11.4 Å². The molecule has 0 saturated heterocycles. The number of hydrogen-bond donors (Lipinski definition) is 1. The average molecular weight is 201 g/mol. The molecule has 2 heterocycles. The van der Waals surface area contributed by atoms with E-state index in [4.69, 9.17) is 0 Å². The van der Waals surface area contributed by atoms with Gasteiger partial charge in [-0.25, -0.2) is 4.98 Å². The predicted molar refractivity (Wildman–Crippen MR) is 57.6 cm³/mol. The Bertz CT molecular complexity index is 531. The Labute approximate surface area is 87.0 Å². The number of nitrogens with zero attached hydrogens (tertiary/aromatic N) is 2. The normalized spacial score (nSPS) is 10.3. The molecule has 0 aromatic carbocycles. The zero-order valence-corrected chi connectivity index (χ0v) is 8.61. The van der Waals surface area contributed by atoms with Crippen molar-refractivity contribution >= 4 is 0 Å². The van der Waals surface area contributed by atoms with Crippen LogP contribution in [0.1, 0.15) is 11.4 Å². The van der Waals surface area contributed by atoms with Crippen LogP contribution in [0.2, 0.25) is 0 Å². The lowest BCUT2D eigenvalue weighted by Crippen LogP contribution is -2.14.